The van der Waals surface area contributed by atoms with Gasteiger partial charge in [-0.1, -0.05) is 0 Å². The summed E-state index contributed by atoms with van der Waals surface area (Å²) in [5.41, 5.74) is -2.89. The van der Waals surface area contributed by atoms with E-state index in [1.54, 1.807) is 4.72 Å². The third kappa shape index (κ3) is 4.75. The highest BCUT2D eigenvalue weighted by atomic mass is 32.2. The average Bonchev–Trinajstić information content (AvgIpc) is 2.90. The van der Waals surface area contributed by atoms with E-state index in [9.17, 15) is 39.6 Å². The third-order valence-electron chi connectivity index (χ3n) is 4.06. The molecule has 0 saturated carbocycles. The van der Waals surface area contributed by atoms with E-state index in [4.69, 9.17) is 0 Å². The van der Waals surface area contributed by atoms with Crippen LogP contribution in [0.25, 0.3) is 0 Å². The van der Waals surface area contributed by atoms with Crippen molar-refractivity contribution in [3.05, 3.63) is 41.5 Å². The van der Waals surface area contributed by atoms with E-state index in [2.05, 4.69) is 4.98 Å². The van der Waals surface area contributed by atoms with E-state index in [-0.39, 0.29) is 0 Å². The average molecular weight is 458 g/mol. The highest BCUT2D eigenvalue weighted by Crippen LogP contribution is 2.27. The molecule has 0 aromatic carbocycles. The normalized spacial score (nSPS) is 13.5. The van der Waals surface area contributed by atoms with Gasteiger partial charge in [0.05, 0.1) is 11.7 Å². The lowest BCUT2D eigenvalue weighted by molar-refractivity contribution is -0.00490. The van der Waals surface area contributed by atoms with Crippen molar-refractivity contribution in [2.75, 3.05) is 5.32 Å². The predicted molar refractivity (Wildman–Crippen MR) is 92.9 cm³/mol. The molecule has 0 spiro atoms. The summed E-state index contributed by atoms with van der Waals surface area (Å²) in [6, 6.07) is -1.05. The number of aryl methyl sites for hydroxylation is 1. The van der Waals surface area contributed by atoms with Gasteiger partial charge in [-0.05, 0) is 13.0 Å². The molecule has 0 aliphatic rings. The molecule has 30 heavy (non-hydrogen) atoms. The molecule has 0 unspecified atom stereocenters. The molecular formula is C16H16F6N4O3S. The van der Waals surface area contributed by atoms with Crippen LogP contribution in [0.15, 0.2) is 23.4 Å². The maximum atomic E-state index is 14.7. The fourth-order valence-electron chi connectivity index (χ4n) is 2.31. The highest BCUT2D eigenvalue weighted by Gasteiger charge is 2.36. The van der Waals surface area contributed by atoms with E-state index >= 15 is 0 Å². The monoisotopic (exact) mass is 458 g/mol. The first-order valence-electron chi connectivity index (χ1n) is 8.15. The van der Waals surface area contributed by atoms with Crippen LogP contribution in [-0.4, -0.2) is 35.8 Å². The van der Waals surface area contributed by atoms with Crippen molar-refractivity contribution in [2.24, 2.45) is 7.05 Å². The molecule has 2 heterocycles. The van der Waals surface area contributed by atoms with Crippen molar-refractivity contribution in [3.63, 3.8) is 0 Å². The molecule has 0 aliphatic heterocycles. The third-order valence-corrected chi connectivity index (χ3v) is 5.58. The van der Waals surface area contributed by atoms with Crippen molar-refractivity contribution >= 4 is 21.6 Å². The van der Waals surface area contributed by atoms with Gasteiger partial charge < -0.3 is 9.88 Å². The van der Waals surface area contributed by atoms with Crippen molar-refractivity contribution in [1.29, 1.82) is 0 Å². The number of halogens is 6. The number of carbonyl (C=O) groups excluding carboxylic acids is 1. The Morgan fingerprint density at radius 2 is 1.83 bits per heavy atom. The Hall–Kier alpha value is -2.61. The van der Waals surface area contributed by atoms with Crippen molar-refractivity contribution in [1.82, 2.24) is 14.3 Å². The summed E-state index contributed by atoms with van der Waals surface area (Å²) in [6.45, 7) is 1.32. The van der Waals surface area contributed by atoms with Gasteiger partial charge in [0.15, 0.2) is 11.6 Å². The zero-order valence-electron chi connectivity index (χ0n) is 15.7. The van der Waals surface area contributed by atoms with E-state index in [0.29, 0.717) is 13.1 Å². The first kappa shape index (κ1) is 23.7. The molecule has 1 amide bonds. The summed E-state index contributed by atoms with van der Waals surface area (Å²) in [4.78, 5) is 14.4. The van der Waals surface area contributed by atoms with Crippen LogP contribution >= 0.6 is 0 Å². The molecule has 0 aliphatic carbocycles. The van der Waals surface area contributed by atoms with Gasteiger partial charge in [-0.25, -0.2) is 39.5 Å². The Morgan fingerprint density at radius 3 is 2.37 bits per heavy atom. The summed E-state index contributed by atoms with van der Waals surface area (Å²) < 4.78 is 107. The number of alkyl halides is 4. The summed E-state index contributed by atoms with van der Waals surface area (Å²) >= 11 is 0. The molecule has 2 aromatic heterocycles. The number of hydrogen-bond acceptors (Lipinski definition) is 4. The number of nitrogens with one attached hydrogen (secondary N) is 2. The quantitative estimate of drug-likeness (QED) is 0.624. The Bertz CT molecular complexity index is 1070. The molecule has 14 heteroatoms. The van der Waals surface area contributed by atoms with Crippen molar-refractivity contribution in [3.8, 4) is 0 Å². The zero-order valence-corrected chi connectivity index (χ0v) is 16.5. The Kier molecular flexibility index (Phi) is 6.51. The lowest BCUT2D eigenvalue weighted by Gasteiger charge is -2.20. The number of carbonyl (C=O) groups is 1. The number of anilines is 1. The predicted octanol–water partition coefficient (Wildman–Crippen LogP) is 3.21. The van der Waals surface area contributed by atoms with Crippen molar-refractivity contribution in [2.45, 2.75) is 37.1 Å². The van der Waals surface area contributed by atoms with E-state index in [1.165, 1.54) is 0 Å². The number of hydrogen-bond donors (Lipinski definition) is 2. The maximum absolute atomic E-state index is 14.7. The Morgan fingerprint density at radius 1 is 1.23 bits per heavy atom. The van der Waals surface area contributed by atoms with Gasteiger partial charge >= 0.3 is 0 Å². The van der Waals surface area contributed by atoms with Crippen LogP contribution in [0.3, 0.4) is 0 Å². The number of rotatable bonds is 7. The summed E-state index contributed by atoms with van der Waals surface area (Å²) in [5, 5.41) is 1.85. The summed E-state index contributed by atoms with van der Waals surface area (Å²) in [7, 11) is -3.72. The topological polar surface area (TPSA) is 93.1 Å². The van der Waals surface area contributed by atoms with Gasteiger partial charge in [0.2, 0.25) is 10.0 Å². The van der Waals surface area contributed by atoms with Crippen molar-refractivity contribution < 1.29 is 39.6 Å². The SMILES string of the molecule is C[C@@H](NS(=O)(=O)c1cn(C)c(C(=O)Nc2ccnc(C(F)F)c2F)c1F)C(C)(F)F. The second kappa shape index (κ2) is 8.26. The smallest absolute Gasteiger partial charge is 0.283 e. The molecule has 1 atom stereocenters. The van der Waals surface area contributed by atoms with Crippen LogP contribution in [0.1, 0.15) is 36.5 Å². The van der Waals surface area contributed by atoms with E-state index < -0.39 is 67.9 Å². The molecule has 2 aromatic rings. The molecule has 2 rings (SSSR count). The van der Waals surface area contributed by atoms with Gasteiger partial charge in [-0.2, -0.15) is 0 Å². The fraction of sp³-hybridized carbons (Fsp3) is 0.375. The van der Waals surface area contributed by atoms with Crippen LogP contribution in [0.2, 0.25) is 0 Å². The summed E-state index contributed by atoms with van der Waals surface area (Å²) in [5.74, 6) is -7.97. The van der Waals surface area contributed by atoms with Gasteiger partial charge in [-0.3, -0.25) is 9.78 Å². The van der Waals surface area contributed by atoms with E-state index in [0.717, 1.165) is 30.8 Å². The Balaban J connectivity index is 2.38. The number of aromatic nitrogens is 2. The lowest BCUT2D eigenvalue weighted by atomic mass is 10.2. The summed E-state index contributed by atoms with van der Waals surface area (Å²) in [6.07, 6.45) is -1.84. The first-order valence-corrected chi connectivity index (χ1v) is 9.64. The second-order valence-corrected chi connectivity index (χ2v) is 8.06. The van der Waals surface area contributed by atoms with E-state index in [1.807, 2.05) is 5.32 Å². The van der Waals surface area contributed by atoms with Crippen LogP contribution < -0.4 is 10.0 Å². The minimum atomic E-state index is -4.80. The van der Waals surface area contributed by atoms with Gasteiger partial charge in [0.1, 0.15) is 16.3 Å². The van der Waals surface area contributed by atoms with Gasteiger partial charge in [0, 0.05) is 26.4 Å². The van der Waals surface area contributed by atoms with Crippen LogP contribution in [0.4, 0.5) is 32.0 Å². The molecular weight excluding hydrogens is 442 g/mol. The number of nitrogens with zero attached hydrogens (tertiary/aromatic N) is 2. The maximum Gasteiger partial charge on any atom is 0.283 e. The molecule has 7 nitrogen and oxygen atoms in total. The number of pyridine rings is 1. The van der Waals surface area contributed by atoms with Gasteiger partial charge in [-0.15, -0.1) is 0 Å². The second-order valence-electron chi connectivity index (χ2n) is 6.38. The largest absolute Gasteiger partial charge is 0.343 e. The lowest BCUT2D eigenvalue weighted by Crippen LogP contribution is -2.43. The molecule has 0 fully saturated rings. The first-order chi connectivity index (χ1) is 13.7. The minimum Gasteiger partial charge on any atom is -0.343 e. The number of amides is 1. The Labute approximate surface area is 167 Å². The molecule has 0 bridgehead atoms. The molecule has 0 radical (unpaired) electrons. The van der Waals surface area contributed by atoms with Gasteiger partial charge in [0.25, 0.3) is 18.3 Å². The molecule has 2 N–H and O–H groups in total. The van der Waals surface area contributed by atoms with Crippen LogP contribution in [0.5, 0.6) is 0 Å². The molecule has 0 saturated heterocycles. The zero-order chi connectivity index (χ0) is 23.0. The van der Waals surface area contributed by atoms with Crippen LogP contribution in [0, 0.1) is 11.6 Å². The molecule has 166 valence electrons. The standard InChI is InChI=1S/C16H16F6N4O3S/c1-7(16(2,21)22)25-30(28,29)9-6-26(3)13(11(9)18)15(27)24-8-4-5-23-12(10(8)17)14(19)20/h4-7,14,25H,1-3H3,(H,23,24,27)/t7-/m1/s1. The van der Waals surface area contributed by atoms with Crippen LogP contribution in [-0.2, 0) is 17.1 Å². The minimum absolute atomic E-state index is 0.456. The fourth-order valence-corrected chi connectivity index (χ4v) is 3.73. The highest BCUT2D eigenvalue weighted by molar-refractivity contribution is 7.89. The number of sulfonamides is 1.